The van der Waals surface area contributed by atoms with Crippen LogP contribution in [0.25, 0.3) is 0 Å². The second kappa shape index (κ2) is 7.98. The van der Waals surface area contributed by atoms with E-state index in [0.29, 0.717) is 0 Å². The van der Waals surface area contributed by atoms with E-state index in [4.69, 9.17) is 10.3 Å². The van der Waals surface area contributed by atoms with Crippen LogP contribution in [0.3, 0.4) is 0 Å². The Labute approximate surface area is 92.7 Å². The number of hydrogen-bond donors (Lipinski definition) is 2. The van der Waals surface area contributed by atoms with E-state index in [-0.39, 0.29) is 32.5 Å². The molecule has 16 heavy (non-hydrogen) atoms. The molecule has 0 saturated heterocycles. The molecule has 8 nitrogen and oxygen atoms in total. The third-order valence-corrected chi connectivity index (χ3v) is 2.37. The minimum absolute atomic E-state index is 0. The summed E-state index contributed by atoms with van der Waals surface area (Å²) >= 11 is 0. The van der Waals surface area contributed by atoms with Crippen LogP contribution in [-0.2, 0) is 10.1 Å². The summed E-state index contributed by atoms with van der Waals surface area (Å²) in [6.45, 7) is 1.78. The molecule has 0 aliphatic heterocycles. The first-order valence-corrected chi connectivity index (χ1v) is 4.69. The number of anilines is 1. The first-order valence-electron chi connectivity index (χ1n) is 3.25. The SMILES string of the molecule is Cc1ccc(S(=O)(=O)O)c(N)c1.O.O.O.O. The minimum Gasteiger partial charge on any atom is -0.412 e. The molecule has 0 heterocycles. The monoisotopic (exact) mass is 259 g/mol. The Morgan fingerprint density at radius 2 is 1.56 bits per heavy atom. The fourth-order valence-corrected chi connectivity index (χ4v) is 1.50. The molecule has 1 rings (SSSR count). The highest BCUT2D eigenvalue weighted by Crippen LogP contribution is 2.18. The molecule has 11 N–H and O–H groups in total. The second-order valence-electron chi connectivity index (χ2n) is 2.52. The lowest BCUT2D eigenvalue weighted by atomic mass is 10.2. The van der Waals surface area contributed by atoms with Crippen LogP contribution in [-0.4, -0.2) is 34.9 Å². The van der Waals surface area contributed by atoms with E-state index in [0.717, 1.165) is 5.56 Å². The molecule has 0 amide bonds. The highest BCUT2D eigenvalue weighted by Gasteiger charge is 2.12. The summed E-state index contributed by atoms with van der Waals surface area (Å²) in [5.41, 5.74) is 6.28. The molecule has 9 heteroatoms. The van der Waals surface area contributed by atoms with Crippen molar-refractivity contribution in [1.82, 2.24) is 0 Å². The van der Waals surface area contributed by atoms with Gasteiger partial charge in [0.2, 0.25) is 0 Å². The van der Waals surface area contributed by atoms with Gasteiger partial charge in [0.1, 0.15) is 4.90 Å². The molecular weight excluding hydrogens is 242 g/mol. The molecule has 0 unspecified atom stereocenters. The first kappa shape index (κ1) is 24.1. The molecule has 0 spiro atoms. The Bertz CT molecular complexity index is 403. The van der Waals surface area contributed by atoms with Gasteiger partial charge >= 0.3 is 0 Å². The van der Waals surface area contributed by atoms with E-state index in [1.54, 1.807) is 13.0 Å². The molecule has 0 radical (unpaired) electrons. The summed E-state index contributed by atoms with van der Waals surface area (Å²) in [4.78, 5) is -0.242. The Hall–Kier alpha value is -1.23. The smallest absolute Gasteiger partial charge is 0.296 e. The van der Waals surface area contributed by atoms with Crippen molar-refractivity contribution >= 4 is 15.8 Å². The molecular formula is C7H17NO7S. The predicted molar refractivity (Wildman–Crippen MR) is 59.9 cm³/mol. The molecule has 1 aromatic rings. The number of benzene rings is 1. The van der Waals surface area contributed by atoms with Gasteiger partial charge in [-0.2, -0.15) is 8.42 Å². The Kier molecular flexibility index (Phi) is 12.0. The number of hydrogen-bond acceptors (Lipinski definition) is 3. The molecule has 0 aromatic heterocycles. The maximum absolute atomic E-state index is 10.6. The van der Waals surface area contributed by atoms with Gasteiger partial charge in [-0.3, -0.25) is 4.55 Å². The lowest BCUT2D eigenvalue weighted by molar-refractivity contribution is 0.483. The van der Waals surface area contributed by atoms with E-state index in [2.05, 4.69) is 0 Å². The second-order valence-corrected chi connectivity index (χ2v) is 3.91. The summed E-state index contributed by atoms with van der Waals surface area (Å²) in [5.74, 6) is 0. The first-order chi connectivity index (χ1) is 5.41. The largest absolute Gasteiger partial charge is 0.412 e. The summed E-state index contributed by atoms with van der Waals surface area (Å²) in [5, 5.41) is 0. The van der Waals surface area contributed by atoms with Crippen molar-refractivity contribution in [3.63, 3.8) is 0 Å². The minimum atomic E-state index is -4.18. The van der Waals surface area contributed by atoms with E-state index < -0.39 is 10.1 Å². The Morgan fingerprint density at radius 3 is 1.88 bits per heavy atom. The van der Waals surface area contributed by atoms with Crippen LogP contribution in [0.15, 0.2) is 23.1 Å². The lowest BCUT2D eigenvalue weighted by Crippen LogP contribution is -2.02. The summed E-state index contributed by atoms with van der Waals surface area (Å²) in [6.07, 6.45) is 0. The quantitative estimate of drug-likeness (QED) is 0.414. The molecule has 0 fully saturated rings. The van der Waals surface area contributed by atoms with Gasteiger partial charge < -0.3 is 27.6 Å². The fraction of sp³-hybridized carbons (Fsp3) is 0.143. The van der Waals surface area contributed by atoms with Crippen molar-refractivity contribution in [2.24, 2.45) is 0 Å². The van der Waals surface area contributed by atoms with Gasteiger partial charge in [0.15, 0.2) is 0 Å². The summed E-state index contributed by atoms with van der Waals surface area (Å²) in [6, 6.07) is 4.34. The fourth-order valence-electron chi connectivity index (χ4n) is 0.903. The zero-order valence-electron chi connectivity index (χ0n) is 8.48. The van der Waals surface area contributed by atoms with Crippen molar-refractivity contribution < 1.29 is 34.9 Å². The van der Waals surface area contributed by atoms with E-state index in [1.807, 2.05) is 0 Å². The summed E-state index contributed by atoms with van der Waals surface area (Å²) < 4.78 is 29.9. The molecule has 98 valence electrons. The molecule has 0 bridgehead atoms. The van der Waals surface area contributed by atoms with Crippen LogP contribution in [0.4, 0.5) is 5.69 Å². The number of aryl methyl sites for hydroxylation is 1. The van der Waals surface area contributed by atoms with Gasteiger partial charge in [0.05, 0.1) is 5.69 Å². The van der Waals surface area contributed by atoms with Gasteiger partial charge in [-0.15, -0.1) is 0 Å². The number of nitrogen functional groups attached to an aromatic ring is 1. The van der Waals surface area contributed by atoms with Gasteiger partial charge in [-0.1, -0.05) is 6.07 Å². The van der Waals surface area contributed by atoms with Crippen molar-refractivity contribution in [3.8, 4) is 0 Å². The molecule has 0 aliphatic rings. The zero-order chi connectivity index (χ0) is 9.35. The van der Waals surface area contributed by atoms with E-state index in [9.17, 15) is 8.42 Å². The maximum atomic E-state index is 10.6. The normalized spacial score (nSPS) is 8.62. The average Bonchev–Trinajstić information content (AvgIpc) is 1.83. The van der Waals surface area contributed by atoms with Crippen molar-refractivity contribution in [2.75, 3.05) is 5.73 Å². The van der Waals surface area contributed by atoms with Crippen molar-refractivity contribution in [3.05, 3.63) is 23.8 Å². The highest BCUT2D eigenvalue weighted by atomic mass is 32.2. The van der Waals surface area contributed by atoms with Gasteiger partial charge in [-0.25, -0.2) is 0 Å². The average molecular weight is 259 g/mol. The third-order valence-electron chi connectivity index (χ3n) is 1.44. The Balaban J connectivity index is -0.000000180. The maximum Gasteiger partial charge on any atom is 0.296 e. The third kappa shape index (κ3) is 5.60. The van der Waals surface area contributed by atoms with Crippen LogP contribution >= 0.6 is 0 Å². The number of nitrogens with two attached hydrogens (primary N) is 1. The van der Waals surface area contributed by atoms with Crippen LogP contribution < -0.4 is 5.73 Å². The van der Waals surface area contributed by atoms with Crippen LogP contribution in [0.5, 0.6) is 0 Å². The highest BCUT2D eigenvalue weighted by molar-refractivity contribution is 7.86. The number of rotatable bonds is 1. The molecule has 0 atom stereocenters. The zero-order valence-corrected chi connectivity index (χ0v) is 9.30. The lowest BCUT2D eigenvalue weighted by Gasteiger charge is -2.01. The van der Waals surface area contributed by atoms with Gasteiger partial charge in [0, 0.05) is 0 Å². The topological polar surface area (TPSA) is 206 Å². The van der Waals surface area contributed by atoms with Crippen LogP contribution in [0.2, 0.25) is 0 Å². The van der Waals surface area contributed by atoms with Crippen LogP contribution in [0.1, 0.15) is 5.56 Å². The summed E-state index contributed by atoms with van der Waals surface area (Å²) in [7, 11) is -4.18. The standard InChI is InChI=1S/C7H9NO3S.4H2O/c1-5-2-3-7(6(8)4-5)12(9,10)11;;;;/h2-4H,8H2,1H3,(H,9,10,11);4*1H2. The van der Waals surface area contributed by atoms with Gasteiger partial charge in [0.25, 0.3) is 10.1 Å². The van der Waals surface area contributed by atoms with Gasteiger partial charge in [-0.05, 0) is 24.6 Å². The van der Waals surface area contributed by atoms with E-state index in [1.165, 1.54) is 12.1 Å². The predicted octanol–water partition coefficient (Wildman–Crippen LogP) is -2.47. The molecule has 0 saturated carbocycles. The van der Waals surface area contributed by atoms with E-state index >= 15 is 0 Å². The Morgan fingerprint density at radius 1 is 1.12 bits per heavy atom. The molecule has 1 aromatic carbocycles. The van der Waals surface area contributed by atoms with Crippen LogP contribution in [0, 0.1) is 6.92 Å². The van der Waals surface area contributed by atoms with Crippen molar-refractivity contribution in [2.45, 2.75) is 11.8 Å². The molecule has 0 aliphatic carbocycles. The van der Waals surface area contributed by atoms with Crippen molar-refractivity contribution in [1.29, 1.82) is 0 Å².